The highest BCUT2D eigenvalue weighted by Crippen LogP contribution is 2.24. The molecular formula is C21H20N2O4S. The van der Waals surface area contributed by atoms with Gasteiger partial charge in [-0.15, -0.1) is 11.3 Å². The minimum absolute atomic E-state index is 0.436. The molecule has 6 nitrogen and oxygen atoms in total. The van der Waals surface area contributed by atoms with Crippen molar-refractivity contribution in [3.63, 3.8) is 0 Å². The van der Waals surface area contributed by atoms with E-state index in [1.807, 2.05) is 37.3 Å². The first-order valence-electron chi connectivity index (χ1n) is 8.83. The van der Waals surface area contributed by atoms with E-state index in [0.29, 0.717) is 23.1 Å². The molecule has 0 saturated carbocycles. The van der Waals surface area contributed by atoms with Crippen LogP contribution in [0.3, 0.4) is 0 Å². The molecular weight excluding hydrogens is 376 g/mol. The molecule has 0 aliphatic rings. The standard InChI is InChI=1S/C21H20N2O4S/c1-3-26-17-10-6-4-8-15(17)23-21(25)14(2)27-20(24)13-12-19-22-16-9-5-7-11-18(16)28-19/h4-14H,3H2,1-2H3,(H,23,25)/b13-12+/t14-/m1/s1. The number of anilines is 1. The molecule has 2 aromatic carbocycles. The van der Waals surface area contributed by atoms with E-state index in [2.05, 4.69) is 10.3 Å². The van der Waals surface area contributed by atoms with E-state index in [1.54, 1.807) is 24.3 Å². The molecule has 0 unspecified atom stereocenters. The average Bonchev–Trinajstić information content (AvgIpc) is 3.11. The van der Waals surface area contributed by atoms with E-state index in [1.165, 1.54) is 24.3 Å². The van der Waals surface area contributed by atoms with Crippen molar-refractivity contribution in [3.05, 3.63) is 59.6 Å². The summed E-state index contributed by atoms with van der Waals surface area (Å²) in [6.45, 7) is 3.86. The van der Waals surface area contributed by atoms with Gasteiger partial charge in [-0.3, -0.25) is 4.79 Å². The van der Waals surface area contributed by atoms with Gasteiger partial charge in [0, 0.05) is 6.08 Å². The van der Waals surface area contributed by atoms with Gasteiger partial charge in [0.2, 0.25) is 0 Å². The molecule has 28 heavy (non-hydrogen) atoms. The lowest BCUT2D eigenvalue weighted by Gasteiger charge is -2.14. The van der Waals surface area contributed by atoms with Gasteiger partial charge in [0.05, 0.1) is 22.5 Å². The first-order valence-corrected chi connectivity index (χ1v) is 9.65. The number of hydrogen-bond acceptors (Lipinski definition) is 6. The van der Waals surface area contributed by atoms with E-state index >= 15 is 0 Å². The lowest BCUT2D eigenvalue weighted by atomic mass is 10.2. The van der Waals surface area contributed by atoms with Crippen molar-refractivity contribution in [2.45, 2.75) is 20.0 Å². The highest BCUT2D eigenvalue weighted by molar-refractivity contribution is 7.19. The summed E-state index contributed by atoms with van der Waals surface area (Å²) in [5, 5.41) is 3.41. The summed E-state index contributed by atoms with van der Waals surface area (Å²) in [7, 11) is 0. The van der Waals surface area contributed by atoms with Crippen LogP contribution in [0.15, 0.2) is 54.6 Å². The molecule has 0 fully saturated rings. The van der Waals surface area contributed by atoms with E-state index in [0.717, 1.165) is 10.2 Å². The third-order valence-corrected chi connectivity index (χ3v) is 4.78. The number of para-hydroxylation sites is 3. The van der Waals surface area contributed by atoms with Crippen LogP contribution in [-0.4, -0.2) is 29.6 Å². The number of nitrogens with one attached hydrogen (secondary N) is 1. The van der Waals surface area contributed by atoms with E-state index in [9.17, 15) is 9.59 Å². The molecule has 0 spiro atoms. The van der Waals surface area contributed by atoms with Crippen molar-refractivity contribution < 1.29 is 19.1 Å². The zero-order valence-electron chi connectivity index (χ0n) is 15.5. The number of esters is 1. The first-order chi connectivity index (χ1) is 13.6. The number of aromatic nitrogens is 1. The zero-order chi connectivity index (χ0) is 19.9. The molecule has 3 aromatic rings. The van der Waals surface area contributed by atoms with Gasteiger partial charge >= 0.3 is 5.97 Å². The van der Waals surface area contributed by atoms with Crippen LogP contribution in [-0.2, 0) is 14.3 Å². The number of nitrogens with zero attached hydrogens (tertiary/aromatic N) is 1. The SMILES string of the molecule is CCOc1ccccc1NC(=O)[C@@H](C)OC(=O)/C=C/c1nc2ccccc2s1. The molecule has 3 rings (SSSR count). The number of fused-ring (bicyclic) bond motifs is 1. The second-order valence-electron chi connectivity index (χ2n) is 5.85. The lowest BCUT2D eigenvalue weighted by molar-refractivity contribution is -0.148. The van der Waals surface area contributed by atoms with Gasteiger partial charge in [-0.2, -0.15) is 0 Å². The monoisotopic (exact) mass is 396 g/mol. The molecule has 1 amide bonds. The second-order valence-corrected chi connectivity index (χ2v) is 6.91. The van der Waals surface area contributed by atoms with Crippen molar-refractivity contribution in [2.75, 3.05) is 11.9 Å². The predicted molar refractivity (Wildman–Crippen MR) is 110 cm³/mol. The van der Waals surface area contributed by atoms with Crippen LogP contribution in [0.2, 0.25) is 0 Å². The van der Waals surface area contributed by atoms with Gasteiger partial charge in [-0.1, -0.05) is 24.3 Å². The Morgan fingerprint density at radius 2 is 1.93 bits per heavy atom. The largest absolute Gasteiger partial charge is 0.492 e. The van der Waals surface area contributed by atoms with Gasteiger partial charge in [-0.05, 0) is 44.2 Å². The molecule has 1 N–H and O–H groups in total. The van der Waals surface area contributed by atoms with E-state index in [-0.39, 0.29) is 0 Å². The summed E-state index contributed by atoms with van der Waals surface area (Å²) < 4.78 is 11.7. The van der Waals surface area contributed by atoms with Gasteiger partial charge in [0.1, 0.15) is 10.8 Å². The van der Waals surface area contributed by atoms with E-state index < -0.39 is 18.0 Å². The van der Waals surface area contributed by atoms with Gasteiger partial charge in [-0.25, -0.2) is 9.78 Å². The number of thiazole rings is 1. The minimum atomic E-state index is -0.956. The third kappa shape index (κ3) is 4.95. The number of amides is 1. The Morgan fingerprint density at radius 1 is 1.18 bits per heavy atom. The Labute approximate surface area is 166 Å². The van der Waals surface area contributed by atoms with Gasteiger partial charge in [0.15, 0.2) is 6.10 Å². The first kappa shape index (κ1) is 19.6. The molecule has 7 heteroatoms. The van der Waals surface area contributed by atoms with Gasteiger partial charge < -0.3 is 14.8 Å². The number of carbonyl (C=O) groups is 2. The molecule has 1 aromatic heterocycles. The average molecular weight is 396 g/mol. The normalized spacial score (nSPS) is 12.1. The van der Waals surface area contributed by atoms with Crippen LogP contribution in [0, 0.1) is 0 Å². The summed E-state index contributed by atoms with van der Waals surface area (Å²) in [6, 6.07) is 14.8. The molecule has 0 aliphatic heterocycles. The van der Waals surface area contributed by atoms with Crippen LogP contribution in [0.5, 0.6) is 5.75 Å². The maximum absolute atomic E-state index is 12.3. The van der Waals surface area contributed by atoms with Crippen molar-refractivity contribution in [1.82, 2.24) is 4.98 Å². The fraction of sp³-hybridized carbons (Fsp3) is 0.190. The summed E-state index contributed by atoms with van der Waals surface area (Å²) in [6.07, 6.45) is 1.90. The van der Waals surface area contributed by atoms with E-state index in [4.69, 9.17) is 9.47 Å². The number of rotatable bonds is 7. The molecule has 0 saturated heterocycles. The van der Waals surface area contributed by atoms with Crippen LogP contribution in [0.25, 0.3) is 16.3 Å². The number of benzene rings is 2. The predicted octanol–water partition coefficient (Wildman–Crippen LogP) is 4.28. The third-order valence-electron chi connectivity index (χ3n) is 3.78. The Kier molecular flexibility index (Phi) is 6.39. The maximum atomic E-state index is 12.3. The molecule has 0 aliphatic carbocycles. The lowest BCUT2D eigenvalue weighted by Crippen LogP contribution is -2.29. The molecule has 0 radical (unpaired) electrons. The smallest absolute Gasteiger partial charge is 0.331 e. The van der Waals surface area contributed by atoms with Crippen molar-refractivity contribution in [3.8, 4) is 5.75 Å². The fourth-order valence-corrected chi connectivity index (χ4v) is 3.32. The minimum Gasteiger partial charge on any atom is -0.492 e. The van der Waals surface area contributed by atoms with Crippen LogP contribution in [0.4, 0.5) is 5.69 Å². The number of ether oxygens (including phenoxy) is 2. The summed E-state index contributed by atoms with van der Waals surface area (Å²) in [5.74, 6) is -0.485. The van der Waals surface area contributed by atoms with Crippen LogP contribution in [0.1, 0.15) is 18.9 Å². The molecule has 1 atom stereocenters. The van der Waals surface area contributed by atoms with Gasteiger partial charge in [0.25, 0.3) is 5.91 Å². The van der Waals surface area contributed by atoms with Crippen LogP contribution < -0.4 is 10.1 Å². The Balaban J connectivity index is 1.58. The molecule has 0 bridgehead atoms. The number of carbonyl (C=O) groups excluding carboxylic acids is 2. The highest BCUT2D eigenvalue weighted by atomic mass is 32.1. The van der Waals surface area contributed by atoms with Crippen molar-refractivity contribution in [2.24, 2.45) is 0 Å². The zero-order valence-corrected chi connectivity index (χ0v) is 16.4. The Hall–Kier alpha value is -3.19. The Morgan fingerprint density at radius 3 is 2.71 bits per heavy atom. The molecule has 144 valence electrons. The second kappa shape index (κ2) is 9.14. The quantitative estimate of drug-likeness (QED) is 0.476. The fourth-order valence-electron chi connectivity index (χ4n) is 2.45. The molecule has 1 heterocycles. The van der Waals surface area contributed by atoms with Crippen molar-refractivity contribution >= 4 is 45.2 Å². The summed E-state index contributed by atoms with van der Waals surface area (Å²) >= 11 is 1.47. The topological polar surface area (TPSA) is 77.5 Å². The summed E-state index contributed by atoms with van der Waals surface area (Å²) in [5.41, 5.74) is 1.41. The van der Waals surface area contributed by atoms with Crippen molar-refractivity contribution in [1.29, 1.82) is 0 Å². The number of hydrogen-bond donors (Lipinski definition) is 1. The maximum Gasteiger partial charge on any atom is 0.331 e. The Bertz CT molecular complexity index is 979. The van der Waals surface area contributed by atoms with Crippen LogP contribution >= 0.6 is 11.3 Å². The summed E-state index contributed by atoms with van der Waals surface area (Å²) in [4.78, 5) is 28.8. The highest BCUT2D eigenvalue weighted by Gasteiger charge is 2.18.